The molecular formula is C19H26N2O5. The highest BCUT2D eigenvalue weighted by Gasteiger charge is 2.29. The van der Waals surface area contributed by atoms with Crippen molar-refractivity contribution in [1.82, 2.24) is 9.88 Å². The zero-order valence-electron chi connectivity index (χ0n) is 15.7. The molecule has 0 aromatic carbocycles. The van der Waals surface area contributed by atoms with E-state index in [-0.39, 0.29) is 17.9 Å². The van der Waals surface area contributed by atoms with E-state index >= 15 is 0 Å². The van der Waals surface area contributed by atoms with Crippen LogP contribution in [0.3, 0.4) is 0 Å². The zero-order valence-corrected chi connectivity index (χ0v) is 15.7. The van der Waals surface area contributed by atoms with Crippen molar-refractivity contribution in [3.8, 4) is 0 Å². The number of nitrogens with one attached hydrogen (secondary N) is 1. The van der Waals surface area contributed by atoms with Crippen LogP contribution in [0.15, 0.2) is 16.5 Å². The molecule has 2 unspecified atom stereocenters. The smallest absolute Gasteiger partial charge is 0.355 e. The number of nitrogens with zero attached hydrogens (tertiary/aromatic N) is 1. The van der Waals surface area contributed by atoms with Crippen LogP contribution < -0.4 is 5.32 Å². The van der Waals surface area contributed by atoms with E-state index in [0.29, 0.717) is 17.8 Å². The highest BCUT2D eigenvalue weighted by Crippen LogP contribution is 2.23. The number of esters is 1. The third kappa shape index (κ3) is 3.77. The van der Waals surface area contributed by atoms with Crippen molar-refractivity contribution in [3.63, 3.8) is 0 Å². The van der Waals surface area contributed by atoms with E-state index in [1.807, 2.05) is 26.8 Å². The Morgan fingerprint density at radius 3 is 2.77 bits per heavy atom. The molecule has 0 spiro atoms. The van der Waals surface area contributed by atoms with Gasteiger partial charge < -0.3 is 23.8 Å². The summed E-state index contributed by atoms with van der Waals surface area (Å²) in [5.74, 6) is -0.201. The molecule has 0 radical (unpaired) electrons. The first-order valence-corrected chi connectivity index (χ1v) is 9.03. The number of ether oxygens (including phenoxy) is 2. The maximum Gasteiger partial charge on any atom is 0.355 e. The number of hydrogen-bond acceptors (Lipinski definition) is 5. The molecule has 1 fully saturated rings. The summed E-state index contributed by atoms with van der Waals surface area (Å²) in [6.45, 7) is 6.73. The highest BCUT2D eigenvalue weighted by molar-refractivity contribution is 5.95. The van der Waals surface area contributed by atoms with Gasteiger partial charge >= 0.3 is 5.97 Å². The maximum atomic E-state index is 12.6. The summed E-state index contributed by atoms with van der Waals surface area (Å²) in [6.07, 6.45) is 1.14. The van der Waals surface area contributed by atoms with Gasteiger partial charge in [-0.05, 0) is 25.7 Å². The van der Waals surface area contributed by atoms with Crippen LogP contribution in [0.2, 0.25) is 0 Å². The first kappa shape index (κ1) is 18.5. The molecule has 2 atom stereocenters. The predicted molar refractivity (Wildman–Crippen MR) is 95.9 cm³/mol. The summed E-state index contributed by atoms with van der Waals surface area (Å²) in [6, 6.07) is 3.51. The molecule has 7 heteroatoms. The maximum absolute atomic E-state index is 12.6. The van der Waals surface area contributed by atoms with Gasteiger partial charge in [-0.2, -0.15) is 0 Å². The van der Waals surface area contributed by atoms with Gasteiger partial charge in [-0.3, -0.25) is 4.79 Å². The lowest BCUT2D eigenvalue weighted by Gasteiger charge is -2.21. The Bertz CT molecular complexity index is 798. The van der Waals surface area contributed by atoms with Crippen molar-refractivity contribution in [2.24, 2.45) is 13.0 Å². The molecule has 1 N–H and O–H groups in total. The molecule has 0 bridgehead atoms. The fourth-order valence-electron chi connectivity index (χ4n) is 3.22. The number of aryl methyl sites for hydroxylation is 2. The summed E-state index contributed by atoms with van der Waals surface area (Å²) >= 11 is 0. The Balaban J connectivity index is 1.67. The minimum Gasteiger partial charge on any atom is -0.460 e. The van der Waals surface area contributed by atoms with Crippen LogP contribution in [0.1, 0.15) is 42.9 Å². The number of carbonyl (C=O) groups excluding carboxylic acids is 2. The monoisotopic (exact) mass is 362 g/mol. The summed E-state index contributed by atoms with van der Waals surface area (Å²) in [7, 11) is 1.77. The third-order valence-electron chi connectivity index (χ3n) is 4.69. The summed E-state index contributed by atoms with van der Waals surface area (Å²) in [4.78, 5) is 25.1. The molecule has 1 amide bonds. The standard InChI is InChI=1S/C19H26N2O5/c1-11(2)17(18(22)20-10-13-6-5-7-24-13)26-19(23)15-9-16-14(21(15)4)8-12(3)25-16/h8-9,11,13,17H,5-7,10H2,1-4H3,(H,20,22). The van der Waals surface area contributed by atoms with Gasteiger partial charge in [-0.25, -0.2) is 4.79 Å². The van der Waals surface area contributed by atoms with E-state index in [0.717, 1.165) is 30.7 Å². The molecule has 7 nitrogen and oxygen atoms in total. The molecule has 3 heterocycles. The van der Waals surface area contributed by atoms with E-state index in [9.17, 15) is 9.59 Å². The largest absolute Gasteiger partial charge is 0.460 e. The normalized spacial score (nSPS) is 18.4. The Morgan fingerprint density at radius 1 is 1.38 bits per heavy atom. The average Bonchev–Trinajstić information content (AvgIpc) is 3.28. The number of fused-ring (bicyclic) bond motifs is 1. The van der Waals surface area contributed by atoms with E-state index in [1.54, 1.807) is 17.7 Å². The second-order valence-corrected chi connectivity index (χ2v) is 7.15. The van der Waals surface area contributed by atoms with Gasteiger partial charge in [0.05, 0.1) is 11.6 Å². The van der Waals surface area contributed by atoms with E-state index in [1.165, 1.54) is 0 Å². The van der Waals surface area contributed by atoms with Gasteiger partial charge in [-0.1, -0.05) is 13.8 Å². The fourth-order valence-corrected chi connectivity index (χ4v) is 3.22. The van der Waals surface area contributed by atoms with Crippen molar-refractivity contribution >= 4 is 23.0 Å². The number of hydrogen-bond donors (Lipinski definition) is 1. The molecular weight excluding hydrogens is 336 g/mol. The minimum atomic E-state index is -0.855. The molecule has 26 heavy (non-hydrogen) atoms. The Labute approximate surface area is 152 Å². The Kier molecular flexibility index (Phi) is 5.36. The van der Waals surface area contributed by atoms with Crippen LogP contribution in [0.25, 0.3) is 11.1 Å². The van der Waals surface area contributed by atoms with Crippen molar-refractivity contribution in [3.05, 3.63) is 23.6 Å². The average molecular weight is 362 g/mol. The second kappa shape index (κ2) is 7.53. The second-order valence-electron chi connectivity index (χ2n) is 7.15. The van der Waals surface area contributed by atoms with Crippen LogP contribution in [-0.4, -0.2) is 41.8 Å². The Morgan fingerprint density at radius 2 is 2.15 bits per heavy atom. The molecule has 0 saturated carbocycles. The van der Waals surface area contributed by atoms with Crippen LogP contribution >= 0.6 is 0 Å². The molecule has 142 valence electrons. The zero-order chi connectivity index (χ0) is 18.8. The van der Waals surface area contributed by atoms with Crippen LogP contribution in [-0.2, 0) is 21.3 Å². The number of amides is 1. The van der Waals surface area contributed by atoms with Crippen molar-refractivity contribution < 1.29 is 23.5 Å². The van der Waals surface area contributed by atoms with Crippen LogP contribution in [0.4, 0.5) is 0 Å². The van der Waals surface area contributed by atoms with Gasteiger partial charge in [0.2, 0.25) is 0 Å². The van der Waals surface area contributed by atoms with Crippen LogP contribution in [0, 0.1) is 12.8 Å². The van der Waals surface area contributed by atoms with Crippen molar-refractivity contribution in [2.45, 2.75) is 45.8 Å². The number of rotatable bonds is 6. The fraction of sp³-hybridized carbons (Fsp3) is 0.579. The topological polar surface area (TPSA) is 82.7 Å². The minimum absolute atomic E-state index is 0.0467. The molecule has 1 aliphatic heterocycles. The van der Waals surface area contributed by atoms with Gasteiger partial charge in [0.1, 0.15) is 11.5 Å². The molecule has 1 saturated heterocycles. The first-order valence-electron chi connectivity index (χ1n) is 9.03. The van der Waals surface area contributed by atoms with Crippen molar-refractivity contribution in [2.75, 3.05) is 13.2 Å². The predicted octanol–water partition coefficient (Wildman–Crippen LogP) is 2.56. The molecule has 1 aliphatic rings. The number of furan rings is 1. The van der Waals surface area contributed by atoms with Crippen molar-refractivity contribution in [1.29, 1.82) is 0 Å². The SMILES string of the molecule is Cc1cc2c(cc(C(=O)OC(C(=O)NCC3CCCO3)C(C)C)n2C)o1. The highest BCUT2D eigenvalue weighted by atomic mass is 16.5. The molecule has 2 aromatic heterocycles. The van der Waals surface area contributed by atoms with Gasteiger partial charge in [0, 0.05) is 32.3 Å². The summed E-state index contributed by atoms with van der Waals surface area (Å²) in [5.41, 5.74) is 1.80. The van der Waals surface area contributed by atoms with Crippen LogP contribution in [0.5, 0.6) is 0 Å². The third-order valence-corrected chi connectivity index (χ3v) is 4.69. The lowest BCUT2D eigenvalue weighted by Crippen LogP contribution is -2.43. The van der Waals surface area contributed by atoms with Gasteiger partial charge in [0.25, 0.3) is 5.91 Å². The first-order chi connectivity index (χ1) is 12.4. The van der Waals surface area contributed by atoms with E-state index in [4.69, 9.17) is 13.9 Å². The van der Waals surface area contributed by atoms with Gasteiger partial charge in [-0.15, -0.1) is 0 Å². The molecule has 2 aromatic rings. The summed E-state index contributed by atoms with van der Waals surface area (Å²) in [5, 5.41) is 2.84. The molecule has 3 rings (SSSR count). The summed E-state index contributed by atoms with van der Waals surface area (Å²) < 4.78 is 18.3. The van der Waals surface area contributed by atoms with Gasteiger partial charge in [0.15, 0.2) is 11.7 Å². The lowest BCUT2D eigenvalue weighted by atomic mass is 10.1. The Hall–Kier alpha value is -2.28. The van der Waals surface area contributed by atoms with E-state index < -0.39 is 12.1 Å². The number of carbonyl (C=O) groups is 2. The number of aromatic nitrogens is 1. The lowest BCUT2D eigenvalue weighted by molar-refractivity contribution is -0.132. The molecule has 0 aliphatic carbocycles. The van der Waals surface area contributed by atoms with E-state index in [2.05, 4.69) is 5.32 Å². The quantitative estimate of drug-likeness (QED) is 0.799.